The van der Waals surface area contributed by atoms with E-state index in [9.17, 15) is 0 Å². The maximum Gasteiger partial charge on any atom is 0.0727 e. The highest BCUT2D eigenvalue weighted by Crippen LogP contribution is 2.63. The fourth-order valence-electron chi connectivity index (χ4n) is 11.2. The summed E-state index contributed by atoms with van der Waals surface area (Å²) in [5.74, 6) is 0. The molecule has 0 amide bonds. The lowest BCUT2D eigenvalue weighted by Crippen LogP contribution is -2.30. The van der Waals surface area contributed by atoms with Gasteiger partial charge in [-0.2, -0.15) is 0 Å². The molecule has 2 nitrogen and oxygen atoms in total. The standard InChI is InChI=1S/C63H42N2/c1-3-23-45(24-4-1)64(61-35-17-21-43-19-7-9-27-49(43)61)47-37-39-55-52-30-12-11-29-51(52)53-31-13-15-33-57(53)63(59(55)41-47)58-34-16-14-32-54(58)56-40-38-48(42-60(56)63)65(46-25-5-2-6-26-46)62-36-18-22-44-20-8-10-28-50(44)62/h1-42H. The molecule has 1 atom stereocenters. The largest absolute Gasteiger partial charge is 0.310 e. The summed E-state index contributed by atoms with van der Waals surface area (Å²) in [6, 6.07) is 94.3. The van der Waals surface area contributed by atoms with E-state index in [1.165, 1.54) is 77.2 Å². The summed E-state index contributed by atoms with van der Waals surface area (Å²) < 4.78 is 0. The minimum Gasteiger partial charge on any atom is -0.310 e. The Morgan fingerprint density at radius 3 is 1.08 bits per heavy atom. The number of nitrogens with zero attached hydrogens (tertiary/aromatic N) is 2. The van der Waals surface area contributed by atoms with E-state index in [2.05, 4.69) is 265 Å². The van der Waals surface area contributed by atoms with Gasteiger partial charge < -0.3 is 9.80 Å². The number of hydrogen-bond donors (Lipinski definition) is 0. The van der Waals surface area contributed by atoms with E-state index in [-0.39, 0.29) is 0 Å². The molecule has 2 heteroatoms. The van der Waals surface area contributed by atoms with Crippen molar-refractivity contribution < 1.29 is 0 Å². The van der Waals surface area contributed by atoms with Crippen molar-refractivity contribution in [3.05, 3.63) is 277 Å². The molecular weight excluding hydrogens is 785 g/mol. The number of para-hydroxylation sites is 2. The molecule has 0 saturated heterocycles. The first-order chi connectivity index (χ1) is 32.3. The Labute approximate surface area is 379 Å². The van der Waals surface area contributed by atoms with Gasteiger partial charge in [0.05, 0.1) is 16.8 Å². The number of fused-ring (bicyclic) bond motifs is 14. The van der Waals surface area contributed by atoms with Gasteiger partial charge in [0.25, 0.3) is 0 Å². The molecule has 0 fully saturated rings. The minimum atomic E-state index is -0.703. The van der Waals surface area contributed by atoms with Crippen LogP contribution in [0.2, 0.25) is 0 Å². The second kappa shape index (κ2) is 14.8. The van der Waals surface area contributed by atoms with E-state index in [4.69, 9.17) is 0 Å². The molecule has 2 aliphatic carbocycles. The second-order valence-corrected chi connectivity index (χ2v) is 17.2. The van der Waals surface area contributed by atoms with E-state index in [0.29, 0.717) is 0 Å². The predicted molar refractivity (Wildman–Crippen MR) is 273 cm³/mol. The lowest BCUT2D eigenvalue weighted by Gasteiger charge is -2.37. The van der Waals surface area contributed by atoms with Crippen molar-refractivity contribution >= 4 is 55.7 Å². The average molecular weight is 827 g/mol. The molecule has 11 aromatic rings. The Hall–Kier alpha value is -8.46. The van der Waals surface area contributed by atoms with Crippen LogP contribution >= 0.6 is 0 Å². The Morgan fingerprint density at radius 1 is 0.231 bits per heavy atom. The molecule has 13 rings (SSSR count). The number of hydrogen-bond acceptors (Lipinski definition) is 2. The van der Waals surface area contributed by atoms with E-state index in [1.807, 2.05) is 0 Å². The van der Waals surface area contributed by atoms with Crippen LogP contribution in [-0.4, -0.2) is 0 Å². The molecular formula is C63H42N2. The molecule has 1 unspecified atom stereocenters. The lowest BCUT2D eigenvalue weighted by atomic mass is 9.65. The first kappa shape index (κ1) is 37.1. The highest BCUT2D eigenvalue weighted by molar-refractivity contribution is 6.03. The van der Waals surface area contributed by atoms with Crippen LogP contribution in [0.15, 0.2) is 255 Å². The van der Waals surface area contributed by atoms with Gasteiger partial charge in [0.1, 0.15) is 0 Å². The Kier molecular flexibility index (Phi) is 8.47. The van der Waals surface area contributed by atoms with Crippen LogP contribution in [0.4, 0.5) is 34.1 Å². The van der Waals surface area contributed by atoms with Crippen LogP contribution < -0.4 is 9.80 Å². The van der Waals surface area contributed by atoms with E-state index >= 15 is 0 Å². The third-order valence-electron chi connectivity index (χ3n) is 13.8. The summed E-state index contributed by atoms with van der Waals surface area (Å²) in [6.45, 7) is 0. The van der Waals surface area contributed by atoms with Gasteiger partial charge in [-0.25, -0.2) is 0 Å². The van der Waals surface area contributed by atoms with E-state index in [1.54, 1.807) is 0 Å². The molecule has 0 aliphatic heterocycles. The van der Waals surface area contributed by atoms with Gasteiger partial charge in [-0.1, -0.05) is 194 Å². The number of rotatable bonds is 6. The fraction of sp³-hybridized carbons (Fsp3) is 0.0159. The molecule has 1 spiro atoms. The van der Waals surface area contributed by atoms with E-state index in [0.717, 1.165) is 34.1 Å². The van der Waals surface area contributed by atoms with Crippen molar-refractivity contribution in [1.29, 1.82) is 0 Å². The van der Waals surface area contributed by atoms with Crippen molar-refractivity contribution in [3.63, 3.8) is 0 Å². The smallest absolute Gasteiger partial charge is 0.0727 e. The summed E-state index contributed by atoms with van der Waals surface area (Å²) in [5.41, 5.74) is 18.6. The third-order valence-corrected chi connectivity index (χ3v) is 13.8. The first-order valence-electron chi connectivity index (χ1n) is 22.5. The molecule has 0 radical (unpaired) electrons. The summed E-state index contributed by atoms with van der Waals surface area (Å²) in [5, 5.41) is 4.83. The zero-order valence-electron chi connectivity index (χ0n) is 35.6. The van der Waals surface area contributed by atoms with Crippen LogP contribution in [0.3, 0.4) is 0 Å². The van der Waals surface area contributed by atoms with Gasteiger partial charge in [-0.05, 0) is 127 Å². The van der Waals surface area contributed by atoms with Crippen LogP contribution in [0.25, 0.3) is 54.9 Å². The quantitative estimate of drug-likeness (QED) is 0.165. The van der Waals surface area contributed by atoms with Crippen LogP contribution in [0.1, 0.15) is 22.3 Å². The highest BCUT2D eigenvalue weighted by Gasteiger charge is 2.50. The molecule has 304 valence electrons. The maximum absolute atomic E-state index is 2.52. The third kappa shape index (κ3) is 5.60. The molecule has 0 aromatic heterocycles. The van der Waals surface area contributed by atoms with Gasteiger partial charge in [-0.15, -0.1) is 0 Å². The predicted octanol–water partition coefficient (Wildman–Crippen LogP) is 16.9. The topological polar surface area (TPSA) is 6.48 Å². The Balaban J connectivity index is 1.15. The summed E-state index contributed by atoms with van der Waals surface area (Å²) in [4.78, 5) is 4.90. The molecule has 0 N–H and O–H groups in total. The average Bonchev–Trinajstić information content (AvgIpc) is 3.61. The lowest BCUT2D eigenvalue weighted by molar-refractivity contribution is 0.775. The van der Waals surface area contributed by atoms with Crippen molar-refractivity contribution in [2.45, 2.75) is 5.41 Å². The Bertz CT molecular complexity index is 3620. The van der Waals surface area contributed by atoms with E-state index < -0.39 is 5.41 Å². The van der Waals surface area contributed by atoms with Crippen LogP contribution in [0.5, 0.6) is 0 Å². The summed E-state index contributed by atoms with van der Waals surface area (Å²) in [6.07, 6.45) is 0. The fourth-order valence-corrected chi connectivity index (χ4v) is 11.2. The van der Waals surface area contributed by atoms with Crippen molar-refractivity contribution in [3.8, 4) is 33.4 Å². The van der Waals surface area contributed by atoms with Crippen molar-refractivity contribution in [2.75, 3.05) is 9.80 Å². The molecule has 11 aromatic carbocycles. The van der Waals surface area contributed by atoms with Crippen molar-refractivity contribution in [2.24, 2.45) is 0 Å². The first-order valence-corrected chi connectivity index (χ1v) is 22.5. The molecule has 65 heavy (non-hydrogen) atoms. The summed E-state index contributed by atoms with van der Waals surface area (Å²) in [7, 11) is 0. The molecule has 2 aliphatic rings. The van der Waals surface area contributed by atoms with Gasteiger partial charge in [-0.3, -0.25) is 0 Å². The zero-order chi connectivity index (χ0) is 42.9. The van der Waals surface area contributed by atoms with Gasteiger partial charge in [0.2, 0.25) is 0 Å². The summed E-state index contributed by atoms with van der Waals surface area (Å²) >= 11 is 0. The number of benzene rings is 11. The normalized spacial score (nSPS) is 14.2. The zero-order valence-corrected chi connectivity index (χ0v) is 35.6. The maximum atomic E-state index is 2.52. The number of anilines is 6. The second-order valence-electron chi connectivity index (χ2n) is 17.2. The molecule has 0 saturated carbocycles. The van der Waals surface area contributed by atoms with Crippen LogP contribution in [0, 0.1) is 0 Å². The molecule has 0 bridgehead atoms. The minimum absolute atomic E-state index is 0.703. The van der Waals surface area contributed by atoms with Gasteiger partial charge in [0, 0.05) is 33.5 Å². The Morgan fingerprint density at radius 2 is 0.585 bits per heavy atom. The van der Waals surface area contributed by atoms with Gasteiger partial charge in [0.15, 0.2) is 0 Å². The molecule has 0 heterocycles. The van der Waals surface area contributed by atoms with Crippen molar-refractivity contribution in [1.82, 2.24) is 0 Å². The highest BCUT2D eigenvalue weighted by atomic mass is 15.1. The SMILES string of the molecule is c1ccc(N(c2ccc3c(c2)C2(c4ccccc4-c4ccccc4-3)c3ccccc3-c3ccc(N(c4ccccc4)c4cccc5ccccc45)cc32)c2cccc3ccccc23)cc1. The van der Waals surface area contributed by atoms with Crippen LogP contribution in [-0.2, 0) is 5.41 Å². The monoisotopic (exact) mass is 826 g/mol. The van der Waals surface area contributed by atoms with Gasteiger partial charge >= 0.3 is 0 Å².